The maximum absolute atomic E-state index is 6.01. The standard InChI is InChI=1S/C14H15Cl2N3O/c15-11-5-4-8(6-12(11)16)13-18-14(20-19-13)10-3-1-2-9(10)7-17/h4-6,9-10H,1-3,7,17H2. The van der Waals surface area contributed by atoms with Crippen molar-refractivity contribution < 1.29 is 4.52 Å². The van der Waals surface area contributed by atoms with Gasteiger partial charge < -0.3 is 10.3 Å². The largest absolute Gasteiger partial charge is 0.339 e. The molecule has 1 aliphatic carbocycles. The zero-order valence-corrected chi connectivity index (χ0v) is 12.4. The molecule has 2 atom stereocenters. The third-order valence-electron chi connectivity index (χ3n) is 3.90. The molecule has 2 aromatic rings. The molecule has 0 bridgehead atoms. The van der Waals surface area contributed by atoms with Crippen molar-refractivity contribution in [2.24, 2.45) is 11.7 Å². The van der Waals surface area contributed by atoms with Crippen LogP contribution in [0.25, 0.3) is 11.4 Å². The molecule has 0 spiro atoms. The van der Waals surface area contributed by atoms with Crippen LogP contribution in [0.1, 0.15) is 31.1 Å². The Hall–Kier alpha value is -1.10. The van der Waals surface area contributed by atoms with Crippen LogP contribution in [0, 0.1) is 5.92 Å². The number of hydrogen-bond acceptors (Lipinski definition) is 4. The molecule has 4 nitrogen and oxygen atoms in total. The number of benzene rings is 1. The van der Waals surface area contributed by atoms with Crippen LogP contribution in [0.3, 0.4) is 0 Å². The molecule has 0 saturated heterocycles. The van der Waals surface area contributed by atoms with Gasteiger partial charge in [-0.2, -0.15) is 4.98 Å². The van der Waals surface area contributed by atoms with E-state index in [0.717, 1.165) is 24.8 Å². The van der Waals surface area contributed by atoms with Crippen molar-refractivity contribution in [2.45, 2.75) is 25.2 Å². The van der Waals surface area contributed by atoms with Crippen molar-refractivity contribution in [3.8, 4) is 11.4 Å². The summed E-state index contributed by atoms with van der Waals surface area (Å²) in [6.07, 6.45) is 3.35. The molecule has 0 amide bonds. The lowest BCUT2D eigenvalue weighted by atomic mass is 9.96. The van der Waals surface area contributed by atoms with Gasteiger partial charge in [-0.3, -0.25) is 0 Å². The van der Waals surface area contributed by atoms with E-state index in [4.69, 9.17) is 33.5 Å². The molecule has 2 unspecified atom stereocenters. The summed E-state index contributed by atoms with van der Waals surface area (Å²) in [6.45, 7) is 0.662. The van der Waals surface area contributed by atoms with Crippen LogP contribution in [-0.2, 0) is 0 Å². The fourth-order valence-corrected chi connectivity index (χ4v) is 3.08. The quantitative estimate of drug-likeness (QED) is 0.934. The van der Waals surface area contributed by atoms with E-state index in [1.165, 1.54) is 0 Å². The lowest BCUT2D eigenvalue weighted by Gasteiger charge is -2.12. The summed E-state index contributed by atoms with van der Waals surface area (Å²) in [6, 6.07) is 5.30. The molecule has 0 radical (unpaired) electrons. The van der Waals surface area contributed by atoms with E-state index in [0.29, 0.717) is 34.2 Å². The average Bonchev–Trinajstić information content (AvgIpc) is 3.09. The monoisotopic (exact) mass is 311 g/mol. The molecule has 1 aromatic carbocycles. The number of halogens is 2. The molecule has 106 valence electrons. The lowest BCUT2D eigenvalue weighted by molar-refractivity contribution is 0.326. The van der Waals surface area contributed by atoms with Crippen molar-refractivity contribution in [1.29, 1.82) is 0 Å². The molecule has 20 heavy (non-hydrogen) atoms. The molecule has 6 heteroatoms. The maximum atomic E-state index is 6.01. The van der Waals surface area contributed by atoms with E-state index in [1.807, 2.05) is 6.07 Å². The van der Waals surface area contributed by atoms with E-state index in [1.54, 1.807) is 12.1 Å². The van der Waals surface area contributed by atoms with Crippen LogP contribution >= 0.6 is 23.2 Å². The third kappa shape index (κ3) is 2.55. The number of rotatable bonds is 3. The van der Waals surface area contributed by atoms with E-state index in [2.05, 4.69) is 10.1 Å². The van der Waals surface area contributed by atoms with Gasteiger partial charge in [0.05, 0.1) is 10.0 Å². The topological polar surface area (TPSA) is 64.9 Å². The Labute approximate surface area is 127 Å². The summed E-state index contributed by atoms with van der Waals surface area (Å²) in [4.78, 5) is 4.50. The van der Waals surface area contributed by atoms with Crippen LogP contribution in [0.5, 0.6) is 0 Å². The molecule has 1 aromatic heterocycles. The summed E-state index contributed by atoms with van der Waals surface area (Å²) in [5.74, 6) is 1.95. The number of nitrogens with two attached hydrogens (primary N) is 1. The van der Waals surface area contributed by atoms with Crippen molar-refractivity contribution in [3.63, 3.8) is 0 Å². The van der Waals surface area contributed by atoms with Crippen LogP contribution in [0.15, 0.2) is 22.7 Å². The summed E-state index contributed by atoms with van der Waals surface area (Å²) >= 11 is 11.9. The zero-order valence-electron chi connectivity index (χ0n) is 10.9. The molecule has 2 N–H and O–H groups in total. The first kappa shape index (κ1) is 13.9. The van der Waals surface area contributed by atoms with Crippen molar-refractivity contribution >= 4 is 23.2 Å². The Morgan fingerprint density at radius 2 is 2.10 bits per heavy atom. The van der Waals surface area contributed by atoms with Gasteiger partial charge >= 0.3 is 0 Å². The van der Waals surface area contributed by atoms with Gasteiger partial charge in [-0.25, -0.2) is 0 Å². The van der Waals surface area contributed by atoms with Crippen LogP contribution < -0.4 is 5.73 Å². The smallest absolute Gasteiger partial charge is 0.230 e. The van der Waals surface area contributed by atoms with Gasteiger partial charge in [0.1, 0.15) is 0 Å². The van der Waals surface area contributed by atoms with Gasteiger partial charge in [-0.1, -0.05) is 34.8 Å². The Bertz CT molecular complexity index is 614. The molecule has 0 aliphatic heterocycles. The highest BCUT2D eigenvalue weighted by Gasteiger charge is 2.32. The predicted octanol–water partition coefficient (Wildman–Crippen LogP) is 3.89. The minimum Gasteiger partial charge on any atom is -0.339 e. The van der Waals surface area contributed by atoms with Crippen molar-refractivity contribution in [1.82, 2.24) is 10.1 Å². The van der Waals surface area contributed by atoms with Gasteiger partial charge in [0.25, 0.3) is 0 Å². The molecule has 1 aliphatic rings. The Morgan fingerprint density at radius 1 is 1.25 bits per heavy atom. The fraction of sp³-hybridized carbons (Fsp3) is 0.429. The number of nitrogens with zero attached hydrogens (tertiary/aromatic N) is 2. The Kier molecular flexibility index (Phi) is 3.96. The van der Waals surface area contributed by atoms with Gasteiger partial charge in [0.2, 0.25) is 11.7 Å². The van der Waals surface area contributed by atoms with E-state index in [9.17, 15) is 0 Å². The maximum Gasteiger partial charge on any atom is 0.230 e. The SMILES string of the molecule is NCC1CCCC1c1nc(-c2ccc(Cl)c(Cl)c2)no1. The second-order valence-corrected chi connectivity index (χ2v) is 5.93. The summed E-state index contributed by atoms with van der Waals surface area (Å²) in [7, 11) is 0. The minimum absolute atomic E-state index is 0.282. The lowest BCUT2D eigenvalue weighted by Crippen LogP contribution is -2.17. The zero-order chi connectivity index (χ0) is 14.1. The predicted molar refractivity (Wildman–Crippen MR) is 78.9 cm³/mol. The van der Waals surface area contributed by atoms with Gasteiger partial charge in [0.15, 0.2) is 0 Å². The van der Waals surface area contributed by atoms with Crippen LogP contribution in [-0.4, -0.2) is 16.7 Å². The van der Waals surface area contributed by atoms with Gasteiger partial charge in [-0.15, -0.1) is 0 Å². The van der Waals surface area contributed by atoms with Crippen molar-refractivity contribution in [2.75, 3.05) is 6.54 Å². The average molecular weight is 312 g/mol. The molecule has 1 saturated carbocycles. The summed E-state index contributed by atoms with van der Waals surface area (Å²) in [5, 5.41) is 5.04. The summed E-state index contributed by atoms with van der Waals surface area (Å²) < 4.78 is 5.41. The molecule has 3 rings (SSSR count). The molecular weight excluding hydrogens is 297 g/mol. The molecular formula is C14H15Cl2N3O. The Morgan fingerprint density at radius 3 is 2.85 bits per heavy atom. The number of aromatic nitrogens is 2. The molecule has 1 heterocycles. The minimum atomic E-state index is 0.282. The fourth-order valence-electron chi connectivity index (χ4n) is 2.78. The number of hydrogen-bond donors (Lipinski definition) is 1. The highest BCUT2D eigenvalue weighted by molar-refractivity contribution is 6.42. The molecule has 1 fully saturated rings. The van der Waals surface area contributed by atoms with Crippen LogP contribution in [0.4, 0.5) is 0 Å². The summed E-state index contributed by atoms with van der Waals surface area (Å²) in [5.41, 5.74) is 6.60. The second-order valence-electron chi connectivity index (χ2n) is 5.12. The first-order valence-corrected chi connectivity index (χ1v) is 7.43. The first-order chi connectivity index (χ1) is 9.69. The van der Waals surface area contributed by atoms with Gasteiger partial charge in [0, 0.05) is 11.5 Å². The van der Waals surface area contributed by atoms with Gasteiger partial charge in [-0.05, 0) is 43.5 Å². The highest BCUT2D eigenvalue weighted by Crippen LogP contribution is 2.39. The third-order valence-corrected chi connectivity index (χ3v) is 4.64. The van der Waals surface area contributed by atoms with Crippen LogP contribution in [0.2, 0.25) is 10.0 Å². The van der Waals surface area contributed by atoms with Crippen molar-refractivity contribution in [3.05, 3.63) is 34.1 Å². The highest BCUT2D eigenvalue weighted by atomic mass is 35.5. The van der Waals surface area contributed by atoms with E-state index < -0.39 is 0 Å². The normalized spacial score (nSPS) is 22.4. The van der Waals surface area contributed by atoms with E-state index >= 15 is 0 Å². The first-order valence-electron chi connectivity index (χ1n) is 6.68. The van der Waals surface area contributed by atoms with E-state index in [-0.39, 0.29) is 5.92 Å². The second kappa shape index (κ2) is 5.72. The Balaban J connectivity index is 1.88.